The maximum Gasteiger partial charge on any atom is 0.274 e. The number of benzene rings is 1. The Morgan fingerprint density at radius 1 is 1.14 bits per heavy atom. The second kappa shape index (κ2) is 7.30. The Balaban J connectivity index is 1.53. The number of aryl methyl sites for hydroxylation is 1. The smallest absolute Gasteiger partial charge is 0.274 e. The highest BCUT2D eigenvalue weighted by Crippen LogP contribution is 2.29. The third-order valence-electron chi connectivity index (χ3n) is 5.00. The molecule has 0 radical (unpaired) electrons. The second-order valence-corrected chi connectivity index (χ2v) is 6.74. The molecule has 2 aromatic heterocycles. The molecule has 144 valence electrons. The van der Waals surface area contributed by atoms with Gasteiger partial charge in [0.15, 0.2) is 0 Å². The van der Waals surface area contributed by atoms with Crippen molar-refractivity contribution in [2.24, 2.45) is 0 Å². The quantitative estimate of drug-likeness (QED) is 0.743. The van der Waals surface area contributed by atoms with Gasteiger partial charge in [0.1, 0.15) is 22.8 Å². The Bertz CT molecular complexity index is 1070. The molecule has 0 unspecified atom stereocenters. The topological polar surface area (TPSA) is 91.4 Å². The molecule has 8 nitrogen and oxygen atoms in total. The van der Waals surface area contributed by atoms with E-state index < -0.39 is 0 Å². The first-order valence-electron chi connectivity index (χ1n) is 9.11. The zero-order valence-electron chi connectivity index (χ0n) is 15.8. The van der Waals surface area contributed by atoms with Gasteiger partial charge in [0, 0.05) is 37.6 Å². The molecule has 28 heavy (non-hydrogen) atoms. The molecule has 0 atom stereocenters. The van der Waals surface area contributed by atoms with Gasteiger partial charge < -0.3 is 14.5 Å². The molecule has 0 spiro atoms. The minimum Gasteiger partial charge on any atom is -0.494 e. The summed E-state index contributed by atoms with van der Waals surface area (Å²) >= 11 is 0. The normalized spacial score (nSPS) is 14.4. The van der Waals surface area contributed by atoms with Crippen LogP contribution in [0.5, 0.6) is 5.75 Å². The first kappa shape index (κ1) is 18.0. The number of H-pyrrole nitrogens is 1. The Labute approximate surface area is 161 Å². The number of piperazine rings is 1. The van der Waals surface area contributed by atoms with E-state index in [9.17, 15) is 9.59 Å². The number of methoxy groups -OCH3 is 1. The van der Waals surface area contributed by atoms with Crippen molar-refractivity contribution in [3.05, 3.63) is 58.0 Å². The summed E-state index contributed by atoms with van der Waals surface area (Å²) in [4.78, 5) is 32.4. The number of nitrogens with one attached hydrogen (secondary N) is 1. The molecule has 0 bridgehead atoms. The van der Waals surface area contributed by atoms with Crippen LogP contribution in [0, 0.1) is 6.92 Å². The molecule has 1 amide bonds. The molecule has 0 saturated carbocycles. The van der Waals surface area contributed by atoms with E-state index in [1.54, 1.807) is 12.0 Å². The number of para-hydroxylation sites is 1. The number of amides is 1. The summed E-state index contributed by atoms with van der Waals surface area (Å²) in [6.07, 6.45) is 0. The third kappa shape index (κ3) is 3.28. The molecule has 3 aromatic rings. The maximum absolute atomic E-state index is 12.6. The van der Waals surface area contributed by atoms with Crippen molar-refractivity contribution < 1.29 is 9.53 Å². The average molecular weight is 379 g/mol. The second-order valence-electron chi connectivity index (χ2n) is 6.74. The summed E-state index contributed by atoms with van der Waals surface area (Å²) in [6.45, 7) is 4.52. The van der Waals surface area contributed by atoms with E-state index >= 15 is 0 Å². The Hall–Kier alpha value is -3.42. The standard InChI is InChI=1S/C20H21N5O3/c1-13-12-17(21-19-14(13)4-3-5-16(19)28-2)24-8-10-25(11-9-24)20(27)15-6-7-18(26)23-22-15/h3-7,12H,8-11H2,1-2H3,(H,23,26). The van der Waals surface area contributed by atoms with Gasteiger partial charge >= 0.3 is 0 Å². The van der Waals surface area contributed by atoms with Crippen LogP contribution >= 0.6 is 0 Å². The Morgan fingerprint density at radius 3 is 2.61 bits per heavy atom. The molecule has 1 aliphatic rings. The van der Waals surface area contributed by atoms with Gasteiger partial charge in [-0.2, -0.15) is 5.10 Å². The number of rotatable bonds is 3. The van der Waals surface area contributed by atoms with Crippen LogP contribution in [-0.2, 0) is 0 Å². The zero-order chi connectivity index (χ0) is 19.7. The summed E-state index contributed by atoms with van der Waals surface area (Å²) < 4.78 is 5.46. The van der Waals surface area contributed by atoms with Crippen LogP contribution in [0.15, 0.2) is 41.2 Å². The van der Waals surface area contributed by atoms with E-state index in [4.69, 9.17) is 9.72 Å². The van der Waals surface area contributed by atoms with Crippen molar-refractivity contribution >= 4 is 22.6 Å². The van der Waals surface area contributed by atoms with Crippen LogP contribution < -0.4 is 15.2 Å². The van der Waals surface area contributed by atoms with E-state index in [0.717, 1.165) is 28.0 Å². The highest BCUT2D eigenvalue weighted by molar-refractivity contribution is 5.92. The van der Waals surface area contributed by atoms with Crippen LogP contribution in [-0.4, -0.2) is 59.3 Å². The van der Waals surface area contributed by atoms with Gasteiger partial charge in [0.25, 0.3) is 11.5 Å². The molecular formula is C20H21N5O3. The maximum atomic E-state index is 12.6. The summed E-state index contributed by atoms with van der Waals surface area (Å²) in [5.74, 6) is 1.45. The lowest BCUT2D eigenvalue weighted by Gasteiger charge is -2.35. The van der Waals surface area contributed by atoms with Crippen LogP contribution in [0.4, 0.5) is 5.82 Å². The minimum absolute atomic E-state index is 0.180. The molecule has 0 aliphatic carbocycles. The van der Waals surface area contributed by atoms with Gasteiger partial charge in [-0.05, 0) is 30.7 Å². The summed E-state index contributed by atoms with van der Waals surface area (Å²) in [7, 11) is 1.65. The fraction of sp³-hybridized carbons (Fsp3) is 0.300. The molecule has 8 heteroatoms. The number of hydrogen-bond acceptors (Lipinski definition) is 6. The highest BCUT2D eigenvalue weighted by Gasteiger charge is 2.24. The molecule has 1 fully saturated rings. The van der Waals surface area contributed by atoms with E-state index in [1.807, 2.05) is 18.2 Å². The van der Waals surface area contributed by atoms with Crippen molar-refractivity contribution in [3.63, 3.8) is 0 Å². The van der Waals surface area contributed by atoms with Gasteiger partial charge in [-0.1, -0.05) is 12.1 Å². The summed E-state index contributed by atoms with van der Waals surface area (Å²) in [5, 5.41) is 7.20. The van der Waals surface area contributed by atoms with Crippen molar-refractivity contribution in [3.8, 4) is 5.75 Å². The monoisotopic (exact) mass is 379 g/mol. The molecular weight excluding hydrogens is 358 g/mol. The predicted octanol–water partition coefficient (Wildman–Crippen LogP) is 1.60. The number of carbonyl (C=O) groups is 1. The van der Waals surface area contributed by atoms with Crippen molar-refractivity contribution in [1.29, 1.82) is 0 Å². The summed E-state index contributed by atoms with van der Waals surface area (Å²) in [5.41, 5.74) is 1.90. The number of aromatic nitrogens is 3. The lowest BCUT2D eigenvalue weighted by molar-refractivity contribution is 0.0739. The van der Waals surface area contributed by atoms with Gasteiger partial charge in [0.2, 0.25) is 0 Å². The Kier molecular flexibility index (Phi) is 4.68. The Morgan fingerprint density at radius 2 is 1.93 bits per heavy atom. The van der Waals surface area contributed by atoms with E-state index in [-0.39, 0.29) is 17.2 Å². The minimum atomic E-state index is -0.324. The van der Waals surface area contributed by atoms with Crippen molar-refractivity contribution in [2.45, 2.75) is 6.92 Å². The average Bonchev–Trinajstić information content (AvgIpc) is 2.73. The largest absolute Gasteiger partial charge is 0.494 e. The van der Waals surface area contributed by atoms with E-state index in [0.29, 0.717) is 26.2 Å². The van der Waals surface area contributed by atoms with Gasteiger partial charge in [-0.3, -0.25) is 9.59 Å². The molecule has 3 heterocycles. The zero-order valence-corrected chi connectivity index (χ0v) is 15.8. The number of hydrogen-bond donors (Lipinski definition) is 1. The van der Waals surface area contributed by atoms with E-state index in [2.05, 4.69) is 28.1 Å². The first-order valence-corrected chi connectivity index (χ1v) is 9.11. The number of pyridine rings is 1. The van der Waals surface area contributed by atoms with Gasteiger partial charge in [-0.25, -0.2) is 10.1 Å². The molecule has 1 N–H and O–H groups in total. The molecule has 1 aliphatic heterocycles. The van der Waals surface area contributed by atoms with Crippen LogP contribution in [0.2, 0.25) is 0 Å². The van der Waals surface area contributed by atoms with Crippen molar-refractivity contribution in [1.82, 2.24) is 20.1 Å². The molecule has 1 aromatic carbocycles. The summed E-state index contributed by atoms with van der Waals surface area (Å²) in [6, 6.07) is 10.7. The number of nitrogens with zero attached hydrogens (tertiary/aromatic N) is 4. The fourth-order valence-electron chi connectivity index (χ4n) is 3.47. The highest BCUT2D eigenvalue weighted by atomic mass is 16.5. The molecule has 1 saturated heterocycles. The third-order valence-corrected chi connectivity index (χ3v) is 5.00. The van der Waals surface area contributed by atoms with Crippen molar-refractivity contribution in [2.75, 3.05) is 38.2 Å². The first-order chi connectivity index (χ1) is 13.6. The number of carbonyl (C=O) groups excluding carboxylic acids is 1. The van der Waals surface area contributed by atoms with Crippen LogP contribution in [0.1, 0.15) is 16.1 Å². The number of ether oxygens (including phenoxy) is 1. The van der Waals surface area contributed by atoms with Gasteiger partial charge in [0.05, 0.1) is 7.11 Å². The van der Waals surface area contributed by atoms with E-state index in [1.165, 1.54) is 12.1 Å². The lowest BCUT2D eigenvalue weighted by Crippen LogP contribution is -2.49. The fourth-order valence-corrected chi connectivity index (χ4v) is 3.47. The molecule has 4 rings (SSSR count). The lowest BCUT2D eigenvalue weighted by atomic mass is 10.1. The van der Waals surface area contributed by atoms with Crippen LogP contribution in [0.3, 0.4) is 0 Å². The SMILES string of the molecule is COc1cccc2c(C)cc(N3CCN(C(=O)c4ccc(=O)[nH]n4)CC3)nc12. The van der Waals surface area contributed by atoms with Crippen LogP contribution in [0.25, 0.3) is 10.9 Å². The van der Waals surface area contributed by atoms with Gasteiger partial charge in [-0.15, -0.1) is 0 Å². The number of aromatic amines is 1. The number of anilines is 1. The number of fused-ring (bicyclic) bond motifs is 1. The predicted molar refractivity (Wildman–Crippen MR) is 106 cm³/mol.